The van der Waals surface area contributed by atoms with Gasteiger partial charge in [-0.3, -0.25) is 4.79 Å². The maximum Gasteiger partial charge on any atom is 0.177 e. The third-order valence-corrected chi connectivity index (χ3v) is 2.61. The SMILES string of the molecule is CC.Cc1ncnc2c1C(=O)CS2. The van der Waals surface area contributed by atoms with Gasteiger partial charge in [-0.15, -0.1) is 0 Å². The number of rotatable bonds is 0. The van der Waals surface area contributed by atoms with Crippen LogP contribution < -0.4 is 0 Å². The van der Waals surface area contributed by atoms with Crippen LogP contribution in [-0.4, -0.2) is 21.5 Å². The summed E-state index contributed by atoms with van der Waals surface area (Å²) in [5.74, 6) is 0.678. The molecule has 2 rings (SSSR count). The van der Waals surface area contributed by atoms with Gasteiger partial charge >= 0.3 is 0 Å². The number of thioether (sulfide) groups is 1. The van der Waals surface area contributed by atoms with Gasteiger partial charge in [0.25, 0.3) is 0 Å². The van der Waals surface area contributed by atoms with Crippen molar-refractivity contribution in [3.05, 3.63) is 17.6 Å². The van der Waals surface area contributed by atoms with Gasteiger partial charge in [-0.05, 0) is 6.92 Å². The van der Waals surface area contributed by atoms with Gasteiger partial charge in [0.05, 0.1) is 17.0 Å². The summed E-state index contributed by atoms with van der Waals surface area (Å²) in [4.78, 5) is 19.1. The Kier molecular flexibility index (Phi) is 3.42. The molecular weight excluding hydrogens is 184 g/mol. The Balaban J connectivity index is 0.000000396. The number of aryl methyl sites for hydroxylation is 1. The first-order chi connectivity index (χ1) is 6.29. The van der Waals surface area contributed by atoms with E-state index in [1.807, 2.05) is 20.8 Å². The van der Waals surface area contributed by atoms with Crippen LogP contribution in [-0.2, 0) is 0 Å². The first-order valence-electron chi connectivity index (χ1n) is 4.26. The lowest BCUT2D eigenvalue weighted by Crippen LogP contribution is -2.00. The molecule has 0 fully saturated rings. The summed E-state index contributed by atoms with van der Waals surface area (Å²) >= 11 is 1.49. The van der Waals surface area contributed by atoms with Crippen molar-refractivity contribution >= 4 is 17.5 Å². The predicted octanol–water partition coefficient (Wildman–Crippen LogP) is 2.10. The van der Waals surface area contributed by atoms with Crippen molar-refractivity contribution in [2.75, 3.05) is 5.75 Å². The molecule has 2 heterocycles. The Hall–Kier alpha value is -0.900. The zero-order valence-corrected chi connectivity index (χ0v) is 8.81. The first kappa shape index (κ1) is 10.2. The van der Waals surface area contributed by atoms with Gasteiger partial charge in [-0.1, -0.05) is 25.6 Å². The van der Waals surface area contributed by atoms with Crippen molar-refractivity contribution in [3.63, 3.8) is 0 Å². The zero-order chi connectivity index (χ0) is 9.84. The molecule has 1 aromatic heterocycles. The zero-order valence-electron chi connectivity index (χ0n) is 8.00. The predicted molar refractivity (Wildman–Crippen MR) is 53.2 cm³/mol. The maximum atomic E-state index is 11.2. The molecule has 4 heteroatoms. The van der Waals surface area contributed by atoms with Crippen LogP contribution in [0.3, 0.4) is 0 Å². The highest BCUT2D eigenvalue weighted by Crippen LogP contribution is 2.29. The molecule has 0 radical (unpaired) electrons. The minimum atomic E-state index is 0.156. The smallest absolute Gasteiger partial charge is 0.177 e. The molecule has 0 aliphatic carbocycles. The van der Waals surface area contributed by atoms with Crippen molar-refractivity contribution < 1.29 is 4.79 Å². The molecule has 0 saturated carbocycles. The van der Waals surface area contributed by atoms with Crippen LogP contribution in [0.15, 0.2) is 11.4 Å². The Labute approximate surface area is 82.0 Å². The van der Waals surface area contributed by atoms with Crippen LogP contribution in [0.1, 0.15) is 29.9 Å². The fourth-order valence-electron chi connectivity index (χ4n) is 1.09. The molecule has 13 heavy (non-hydrogen) atoms. The van der Waals surface area contributed by atoms with E-state index < -0.39 is 0 Å². The monoisotopic (exact) mass is 196 g/mol. The third-order valence-electron chi connectivity index (χ3n) is 1.62. The molecule has 3 nitrogen and oxygen atoms in total. The fraction of sp³-hybridized carbons (Fsp3) is 0.444. The van der Waals surface area contributed by atoms with Crippen LogP contribution in [0.25, 0.3) is 0 Å². The molecule has 0 N–H and O–H groups in total. The van der Waals surface area contributed by atoms with Gasteiger partial charge in [-0.25, -0.2) is 9.97 Å². The topological polar surface area (TPSA) is 42.9 Å². The normalized spacial score (nSPS) is 13.3. The van der Waals surface area contributed by atoms with Gasteiger partial charge in [-0.2, -0.15) is 0 Å². The molecule has 1 aliphatic rings. The number of hydrogen-bond acceptors (Lipinski definition) is 4. The van der Waals surface area contributed by atoms with E-state index in [4.69, 9.17) is 0 Å². The molecule has 1 aliphatic heterocycles. The largest absolute Gasteiger partial charge is 0.293 e. The number of hydrogen-bond donors (Lipinski definition) is 0. The molecule has 0 atom stereocenters. The summed E-state index contributed by atoms with van der Waals surface area (Å²) in [6, 6.07) is 0. The fourth-order valence-corrected chi connectivity index (χ4v) is 2.03. The van der Waals surface area contributed by atoms with Crippen LogP contribution in [0.5, 0.6) is 0 Å². The van der Waals surface area contributed by atoms with Crippen molar-refractivity contribution in [1.29, 1.82) is 0 Å². The van der Waals surface area contributed by atoms with Crippen LogP contribution >= 0.6 is 11.8 Å². The number of carbonyl (C=O) groups is 1. The summed E-state index contributed by atoms with van der Waals surface area (Å²) in [5, 5.41) is 0.836. The highest BCUT2D eigenvalue weighted by molar-refractivity contribution is 8.00. The highest BCUT2D eigenvalue weighted by Gasteiger charge is 2.23. The lowest BCUT2D eigenvalue weighted by molar-refractivity contribution is 0.102. The molecule has 0 unspecified atom stereocenters. The van der Waals surface area contributed by atoms with Crippen LogP contribution in [0.2, 0.25) is 0 Å². The minimum Gasteiger partial charge on any atom is -0.293 e. The summed E-state index contributed by atoms with van der Waals surface area (Å²) < 4.78 is 0. The van der Waals surface area contributed by atoms with E-state index in [1.165, 1.54) is 18.1 Å². The number of fused-ring (bicyclic) bond motifs is 1. The Morgan fingerprint density at radius 2 is 2.08 bits per heavy atom. The second-order valence-electron chi connectivity index (χ2n) is 2.35. The summed E-state index contributed by atoms with van der Waals surface area (Å²) in [6.07, 6.45) is 1.50. The van der Waals surface area contributed by atoms with Gasteiger partial charge in [0, 0.05) is 0 Å². The van der Waals surface area contributed by atoms with Gasteiger partial charge in [0.2, 0.25) is 0 Å². The van der Waals surface area contributed by atoms with Crippen LogP contribution in [0.4, 0.5) is 0 Å². The first-order valence-corrected chi connectivity index (χ1v) is 5.25. The van der Waals surface area contributed by atoms with E-state index in [2.05, 4.69) is 9.97 Å². The number of ketones is 1. The summed E-state index contributed by atoms with van der Waals surface area (Å²) in [6.45, 7) is 5.84. The Bertz CT molecular complexity index is 325. The van der Waals surface area contributed by atoms with E-state index in [1.54, 1.807) is 0 Å². The van der Waals surface area contributed by atoms with Crippen LogP contribution in [0, 0.1) is 6.92 Å². The van der Waals surface area contributed by atoms with Crippen molar-refractivity contribution in [2.45, 2.75) is 25.8 Å². The second-order valence-corrected chi connectivity index (χ2v) is 3.32. The summed E-state index contributed by atoms with van der Waals surface area (Å²) in [7, 11) is 0. The van der Waals surface area contributed by atoms with Crippen molar-refractivity contribution in [3.8, 4) is 0 Å². The van der Waals surface area contributed by atoms with Gasteiger partial charge in [0.15, 0.2) is 5.78 Å². The molecule has 0 aromatic carbocycles. The van der Waals surface area contributed by atoms with Gasteiger partial charge < -0.3 is 0 Å². The van der Waals surface area contributed by atoms with E-state index in [9.17, 15) is 4.79 Å². The number of nitrogens with zero attached hydrogens (tertiary/aromatic N) is 2. The summed E-state index contributed by atoms with van der Waals surface area (Å²) in [5.41, 5.74) is 1.52. The number of carbonyl (C=O) groups excluding carboxylic acids is 1. The quantitative estimate of drug-likeness (QED) is 0.596. The molecule has 0 bridgehead atoms. The Morgan fingerprint density at radius 3 is 2.69 bits per heavy atom. The number of Topliss-reactive ketones (excluding diaryl/α,β-unsaturated/α-hetero) is 1. The number of aromatic nitrogens is 2. The van der Waals surface area contributed by atoms with E-state index in [-0.39, 0.29) is 5.78 Å². The average molecular weight is 196 g/mol. The Morgan fingerprint density at radius 1 is 1.38 bits per heavy atom. The van der Waals surface area contributed by atoms with E-state index in [0.717, 1.165) is 16.3 Å². The molecule has 0 saturated heterocycles. The van der Waals surface area contributed by atoms with Gasteiger partial charge in [0.1, 0.15) is 11.4 Å². The molecule has 70 valence electrons. The third kappa shape index (κ3) is 1.88. The molecule has 1 aromatic rings. The van der Waals surface area contributed by atoms with Crippen molar-refractivity contribution in [2.24, 2.45) is 0 Å². The van der Waals surface area contributed by atoms with Crippen molar-refractivity contribution in [1.82, 2.24) is 9.97 Å². The molecular formula is C9H12N2OS. The van der Waals surface area contributed by atoms with E-state index >= 15 is 0 Å². The highest BCUT2D eigenvalue weighted by atomic mass is 32.2. The maximum absolute atomic E-state index is 11.2. The molecule has 0 spiro atoms. The standard InChI is InChI=1S/C7H6N2OS.C2H6/c1-4-6-5(10)2-11-7(6)9-3-8-4;1-2/h3H,2H2,1H3;1-2H3. The van der Waals surface area contributed by atoms with E-state index in [0.29, 0.717) is 5.75 Å². The minimum absolute atomic E-state index is 0.156. The lowest BCUT2D eigenvalue weighted by atomic mass is 10.2. The second kappa shape index (κ2) is 4.37. The average Bonchev–Trinajstić information content (AvgIpc) is 2.53. The lowest BCUT2D eigenvalue weighted by Gasteiger charge is -1.96. The molecule has 0 amide bonds.